The van der Waals surface area contributed by atoms with E-state index in [1.165, 1.54) is 20.0 Å². The van der Waals surface area contributed by atoms with Crippen LogP contribution in [0.3, 0.4) is 0 Å². The highest BCUT2D eigenvalue weighted by Crippen LogP contribution is 2.39. The standard InChI is InChI=1S/C22H40N4O4/c1-14(2)30-21(27)25-13-15(3)26(22(28)29-4)19-8-7-17(9-20(19)25)18(10-23)12-24-11-16-5-6-16/h14-20,24H,5-13,23H2,1-4H3/t15-,17?,18?,19?,20?/m0/s1. The predicted octanol–water partition coefficient (Wildman–Crippen LogP) is 2.42. The molecule has 1 heterocycles. The van der Waals surface area contributed by atoms with Crippen LogP contribution in [0.1, 0.15) is 52.9 Å². The van der Waals surface area contributed by atoms with Crippen LogP contribution in [0.15, 0.2) is 0 Å². The first-order valence-electron chi connectivity index (χ1n) is 11.6. The minimum atomic E-state index is -0.311. The van der Waals surface area contributed by atoms with Gasteiger partial charge in [-0.2, -0.15) is 0 Å². The summed E-state index contributed by atoms with van der Waals surface area (Å²) in [5.41, 5.74) is 6.15. The first kappa shape index (κ1) is 23.1. The van der Waals surface area contributed by atoms with Gasteiger partial charge in [-0.05, 0) is 90.3 Å². The predicted molar refractivity (Wildman–Crippen MR) is 115 cm³/mol. The van der Waals surface area contributed by atoms with Crippen LogP contribution in [-0.2, 0) is 9.47 Å². The number of fused-ring (bicyclic) bond motifs is 1. The molecule has 2 saturated carbocycles. The summed E-state index contributed by atoms with van der Waals surface area (Å²) in [6.45, 7) is 8.79. The van der Waals surface area contributed by atoms with Crippen molar-refractivity contribution < 1.29 is 19.1 Å². The fraction of sp³-hybridized carbons (Fsp3) is 0.909. The lowest BCUT2D eigenvalue weighted by Gasteiger charge is -2.53. The molecule has 3 aliphatic rings. The Bertz CT molecular complexity index is 598. The molecule has 1 aliphatic heterocycles. The Labute approximate surface area is 180 Å². The number of hydrogen-bond acceptors (Lipinski definition) is 6. The van der Waals surface area contributed by atoms with Crippen molar-refractivity contribution in [1.29, 1.82) is 0 Å². The maximum atomic E-state index is 12.9. The lowest BCUT2D eigenvalue weighted by atomic mass is 9.73. The summed E-state index contributed by atoms with van der Waals surface area (Å²) in [6, 6.07) is -0.224. The van der Waals surface area contributed by atoms with Crippen LogP contribution < -0.4 is 11.1 Å². The molecule has 1 saturated heterocycles. The summed E-state index contributed by atoms with van der Waals surface area (Å²) < 4.78 is 10.6. The number of piperazine rings is 1. The minimum absolute atomic E-state index is 0.0463. The molecular formula is C22H40N4O4. The van der Waals surface area contributed by atoms with E-state index in [4.69, 9.17) is 15.2 Å². The highest BCUT2D eigenvalue weighted by Gasteiger charge is 2.48. The summed E-state index contributed by atoms with van der Waals surface area (Å²) in [5.74, 6) is 1.64. The number of rotatable bonds is 7. The Hall–Kier alpha value is -1.54. The molecule has 30 heavy (non-hydrogen) atoms. The van der Waals surface area contributed by atoms with Crippen molar-refractivity contribution in [2.45, 2.75) is 77.1 Å². The fourth-order valence-electron chi connectivity index (χ4n) is 5.22. The molecular weight excluding hydrogens is 384 g/mol. The number of methoxy groups -OCH3 is 1. The van der Waals surface area contributed by atoms with Crippen LogP contribution in [-0.4, -0.2) is 79.5 Å². The van der Waals surface area contributed by atoms with Gasteiger partial charge in [-0.1, -0.05) is 0 Å². The van der Waals surface area contributed by atoms with E-state index in [1.807, 2.05) is 30.6 Å². The van der Waals surface area contributed by atoms with Gasteiger partial charge < -0.3 is 25.4 Å². The Balaban J connectivity index is 1.73. The van der Waals surface area contributed by atoms with Crippen molar-refractivity contribution in [2.75, 3.05) is 33.3 Å². The Morgan fingerprint density at radius 3 is 2.47 bits per heavy atom. The van der Waals surface area contributed by atoms with Gasteiger partial charge in [0, 0.05) is 6.54 Å². The summed E-state index contributed by atoms with van der Waals surface area (Å²) in [5, 5.41) is 3.60. The summed E-state index contributed by atoms with van der Waals surface area (Å²) in [6.07, 6.45) is 4.59. The molecule has 2 amide bonds. The topological polar surface area (TPSA) is 97.1 Å². The highest BCUT2D eigenvalue weighted by atomic mass is 16.6. The maximum absolute atomic E-state index is 12.9. The Kier molecular flexibility index (Phi) is 7.85. The second-order valence-corrected chi connectivity index (χ2v) is 9.62. The van der Waals surface area contributed by atoms with E-state index in [0.29, 0.717) is 24.9 Å². The first-order valence-corrected chi connectivity index (χ1v) is 11.6. The van der Waals surface area contributed by atoms with Gasteiger partial charge in [-0.3, -0.25) is 4.90 Å². The molecule has 3 rings (SSSR count). The van der Waals surface area contributed by atoms with E-state index in [-0.39, 0.29) is 36.4 Å². The van der Waals surface area contributed by atoms with Gasteiger partial charge in [-0.25, -0.2) is 9.59 Å². The zero-order valence-electron chi connectivity index (χ0n) is 19.0. The van der Waals surface area contributed by atoms with Crippen molar-refractivity contribution in [3.05, 3.63) is 0 Å². The van der Waals surface area contributed by atoms with Crippen molar-refractivity contribution in [3.8, 4) is 0 Å². The fourth-order valence-corrected chi connectivity index (χ4v) is 5.22. The highest BCUT2D eigenvalue weighted by molar-refractivity contribution is 5.71. The number of nitrogens with two attached hydrogens (primary N) is 1. The van der Waals surface area contributed by atoms with Crippen molar-refractivity contribution >= 4 is 12.2 Å². The molecule has 5 atom stereocenters. The van der Waals surface area contributed by atoms with E-state index in [1.54, 1.807) is 0 Å². The van der Waals surface area contributed by atoms with Crippen LogP contribution >= 0.6 is 0 Å². The number of hydrogen-bond donors (Lipinski definition) is 2. The third-order valence-corrected chi connectivity index (χ3v) is 6.98. The molecule has 0 bridgehead atoms. The average molecular weight is 425 g/mol. The number of amides is 2. The second-order valence-electron chi connectivity index (χ2n) is 9.62. The molecule has 0 aromatic heterocycles. The minimum Gasteiger partial charge on any atom is -0.453 e. The van der Waals surface area contributed by atoms with E-state index in [9.17, 15) is 9.59 Å². The quantitative estimate of drug-likeness (QED) is 0.651. The Morgan fingerprint density at radius 2 is 1.87 bits per heavy atom. The van der Waals surface area contributed by atoms with Crippen molar-refractivity contribution in [3.63, 3.8) is 0 Å². The molecule has 8 nitrogen and oxygen atoms in total. The molecule has 0 spiro atoms. The van der Waals surface area contributed by atoms with Gasteiger partial charge in [0.15, 0.2) is 0 Å². The lowest BCUT2D eigenvalue weighted by Crippen LogP contribution is -2.67. The molecule has 0 aromatic rings. The largest absolute Gasteiger partial charge is 0.453 e. The molecule has 172 valence electrons. The van der Waals surface area contributed by atoms with E-state index < -0.39 is 0 Å². The smallest absolute Gasteiger partial charge is 0.410 e. The van der Waals surface area contributed by atoms with Crippen LogP contribution in [0.25, 0.3) is 0 Å². The maximum Gasteiger partial charge on any atom is 0.410 e. The monoisotopic (exact) mass is 424 g/mol. The van der Waals surface area contributed by atoms with Gasteiger partial charge in [0.25, 0.3) is 0 Å². The van der Waals surface area contributed by atoms with Crippen LogP contribution in [0.4, 0.5) is 9.59 Å². The van der Waals surface area contributed by atoms with Gasteiger partial charge >= 0.3 is 12.2 Å². The van der Waals surface area contributed by atoms with Crippen molar-refractivity contribution in [2.24, 2.45) is 23.5 Å². The van der Waals surface area contributed by atoms with Crippen LogP contribution in [0.2, 0.25) is 0 Å². The molecule has 3 N–H and O–H groups in total. The van der Waals surface area contributed by atoms with Crippen molar-refractivity contribution in [1.82, 2.24) is 15.1 Å². The van der Waals surface area contributed by atoms with Gasteiger partial charge in [-0.15, -0.1) is 0 Å². The average Bonchev–Trinajstić information content (AvgIpc) is 3.53. The number of ether oxygens (including phenoxy) is 2. The number of nitrogens with zero attached hydrogens (tertiary/aromatic N) is 2. The molecule has 0 radical (unpaired) electrons. The number of carbonyl (C=O) groups is 2. The molecule has 0 aromatic carbocycles. The zero-order chi connectivity index (χ0) is 21.8. The molecule has 2 aliphatic carbocycles. The van der Waals surface area contributed by atoms with Gasteiger partial charge in [0.1, 0.15) is 0 Å². The summed E-state index contributed by atoms with van der Waals surface area (Å²) in [7, 11) is 1.42. The lowest BCUT2D eigenvalue weighted by molar-refractivity contribution is -0.0448. The Morgan fingerprint density at radius 1 is 1.13 bits per heavy atom. The second kappa shape index (κ2) is 10.2. The third kappa shape index (κ3) is 5.38. The first-order chi connectivity index (χ1) is 14.3. The van der Waals surface area contributed by atoms with Crippen LogP contribution in [0.5, 0.6) is 0 Å². The SMILES string of the molecule is COC(=O)N1C2CCC(C(CN)CNCC3CC3)CC2N(C(=O)OC(C)C)C[C@@H]1C. The molecule has 3 fully saturated rings. The summed E-state index contributed by atoms with van der Waals surface area (Å²) >= 11 is 0. The summed E-state index contributed by atoms with van der Waals surface area (Å²) in [4.78, 5) is 29.1. The third-order valence-electron chi connectivity index (χ3n) is 6.98. The number of nitrogens with one attached hydrogen (secondary N) is 1. The number of carbonyl (C=O) groups excluding carboxylic acids is 2. The van der Waals surface area contributed by atoms with E-state index >= 15 is 0 Å². The van der Waals surface area contributed by atoms with E-state index in [0.717, 1.165) is 38.3 Å². The van der Waals surface area contributed by atoms with Gasteiger partial charge in [0.05, 0.1) is 31.3 Å². The van der Waals surface area contributed by atoms with E-state index in [2.05, 4.69) is 5.32 Å². The zero-order valence-corrected chi connectivity index (χ0v) is 19.0. The normalized spacial score (nSPS) is 30.1. The molecule has 4 unspecified atom stereocenters. The molecule has 8 heteroatoms. The van der Waals surface area contributed by atoms with Crippen LogP contribution in [0, 0.1) is 17.8 Å². The van der Waals surface area contributed by atoms with Gasteiger partial charge in [0.2, 0.25) is 0 Å².